The lowest BCUT2D eigenvalue weighted by Crippen LogP contribution is -2.43. The van der Waals surface area contributed by atoms with E-state index in [1.807, 2.05) is 23.3 Å². The zero-order valence-corrected chi connectivity index (χ0v) is 13.4. The molecule has 2 aromatic heterocycles. The summed E-state index contributed by atoms with van der Waals surface area (Å²) in [4.78, 5) is 16.5. The molecular weight excluding hydrogens is 326 g/mol. The lowest BCUT2D eigenvalue weighted by atomic mass is 10.1. The molecule has 1 saturated heterocycles. The fraction of sp³-hybridized carbons (Fsp3) is 0.357. The van der Waals surface area contributed by atoms with E-state index >= 15 is 0 Å². The number of nitro groups is 1. The molecule has 1 aliphatic rings. The molecule has 1 aliphatic heterocycles. The summed E-state index contributed by atoms with van der Waals surface area (Å²) in [5, 5.41) is 15.1. The van der Waals surface area contributed by atoms with Crippen molar-refractivity contribution in [3.05, 3.63) is 49.8 Å². The molecule has 22 heavy (non-hydrogen) atoms. The minimum atomic E-state index is -0.501. The molecule has 0 aliphatic carbocycles. The average Bonchev–Trinajstić information content (AvgIpc) is 3.00. The molecule has 2 aromatic rings. The summed E-state index contributed by atoms with van der Waals surface area (Å²) in [6.45, 7) is 3.25. The summed E-state index contributed by atoms with van der Waals surface area (Å²) in [6, 6.07) is 3.38. The van der Waals surface area contributed by atoms with Crippen LogP contribution in [0.1, 0.15) is 18.6 Å². The highest BCUT2D eigenvalue weighted by Gasteiger charge is 2.29. The Hall–Kier alpha value is -1.70. The lowest BCUT2D eigenvalue weighted by molar-refractivity contribution is -0.385. The topological polar surface area (TPSA) is 68.5 Å². The van der Waals surface area contributed by atoms with Crippen molar-refractivity contribution in [1.82, 2.24) is 4.98 Å². The molecule has 8 heteroatoms. The van der Waals surface area contributed by atoms with Crippen molar-refractivity contribution in [3.8, 4) is 0 Å². The predicted molar refractivity (Wildman–Crippen MR) is 85.7 cm³/mol. The maximum absolute atomic E-state index is 10.8. The molecule has 1 fully saturated rings. The first-order chi connectivity index (χ1) is 10.5. The molecule has 2 atom stereocenters. The zero-order chi connectivity index (χ0) is 15.7. The summed E-state index contributed by atoms with van der Waals surface area (Å²) >= 11 is 7.80. The lowest BCUT2D eigenvalue weighted by Gasteiger charge is -2.37. The van der Waals surface area contributed by atoms with Crippen LogP contribution in [0.2, 0.25) is 5.02 Å². The largest absolute Gasteiger partial charge is 0.367 e. The van der Waals surface area contributed by atoms with E-state index in [9.17, 15) is 10.1 Å². The zero-order valence-electron chi connectivity index (χ0n) is 11.8. The number of morpholine rings is 1. The number of hydrogen-bond donors (Lipinski definition) is 0. The van der Waals surface area contributed by atoms with Gasteiger partial charge in [-0.1, -0.05) is 11.6 Å². The molecule has 0 saturated carbocycles. The fourth-order valence-electron chi connectivity index (χ4n) is 2.52. The molecular formula is C14H14ClN3O3S. The van der Waals surface area contributed by atoms with E-state index in [1.54, 1.807) is 11.3 Å². The number of halogens is 1. The van der Waals surface area contributed by atoms with E-state index in [-0.39, 0.29) is 22.9 Å². The van der Waals surface area contributed by atoms with Crippen LogP contribution in [0, 0.1) is 10.1 Å². The molecule has 0 aromatic carbocycles. The van der Waals surface area contributed by atoms with E-state index in [2.05, 4.69) is 10.4 Å². The van der Waals surface area contributed by atoms with Crippen molar-refractivity contribution < 1.29 is 9.66 Å². The quantitative estimate of drug-likeness (QED) is 0.630. The fourth-order valence-corrected chi connectivity index (χ4v) is 3.50. The second kappa shape index (κ2) is 6.20. The van der Waals surface area contributed by atoms with Gasteiger partial charge in [0.2, 0.25) is 0 Å². The first kappa shape index (κ1) is 15.2. The molecule has 0 bridgehead atoms. The Labute approximate surface area is 136 Å². The molecule has 0 N–H and O–H groups in total. The van der Waals surface area contributed by atoms with Crippen molar-refractivity contribution in [2.24, 2.45) is 0 Å². The standard InChI is InChI=1S/C14H14ClN3O3S/c1-9-6-17(7-13(21-9)10-2-3-22-8-10)14-12(15)4-11(5-16-14)18(19)20/h2-5,8-9,13H,6-7H2,1H3. The van der Waals surface area contributed by atoms with Crippen LogP contribution in [0.5, 0.6) is 0 Å². The van der Waals surface area contributed by atoms with Crippen LogP contribution in [0.15, 0.2) is 29.1 Å². The maximum atomic E-state index is 10.8. The first-order valence-corrected chi connectivity index (χ1v) is 8.09. The third-order valence-corrected chi connectivity index (χ3v) is 4.47. The second-order valence-electron chi connectivity index (χ2n) is 5.15. The van der Waals surface area contributed by atoms with Gasteiger partial charge in [-0.2, -0.15) is 11.3 Å². The van der Waals surface area contributed by atoms with Gasteiger partial charge in [0.1, 0.15) is 18.1 Å². The highest BCUT2D eigenvalue weighted by atomic mass is 35.5. The molecule has 3 rings (SSSR count). The number of rotatable bonds is 3. The van der Waals surface area contributed by atoms with Crippen LogP contribution in [0.25, 0.3) is 0 Å². The van der Waals surface area contributed by atoms with Crippen LogP contribution < -0.4 is 4.90 Å². The van der Waals surface area contributed by atoms with Gasteiger partial charge in [0, 0.05) is 19.2 Å². The van der Waals surface area contributed by atoms with Gasteiger partial charge in [-0.05, 0) is 29.3 Å². The van der Waals surface area contributed by atoms with Gasteiger partial charge in [0.05, 0.1) is 16.0 Å². The highest BCUT2D eigenvalue weighted by Crippen LogP contribution is 2.33. The Bertz CT molecular complexity index is 680. The van der Waals surface area contributed by atoms with Gasteiger partial charge in [-0.3, -0.25) is 10.1 Å². The number of aromatic nitrogens is 1. The van der Waals surface area contributed by atoms with Crippen molar-refractivity contribution in [3.63, 3.8) is 0 Å². The molecule has 0 spiro atoms. The van der Waals surface area contributed by atoms with E-state index in [1.165, 1.54) is 12.3 Å². The molecule has 0 amide bonds. The van der Waals surface area contributed by atoms with E-state index in [0.717, 1.165) is 5.56 Å². The number of nitrogens with zero attached hydrogens (tertiary/aromatic N) is 3. The normalized spacial score (nSPS) is 21.8. The van der Waals surface area contributed by atoms with Crippen molar-refractivity contribution in [2.45, 2.75) is 19.1 Å². The van der Waals surface area contributed by atoms with Crippen LogP contribution in [-0.4, -0.2) is 29.1 Å². The minimum absolute atomic E-state index is 0.0201. The van der Waals surface area contributed by atoms with Gasteiger partial charge < -0.3 is 9.64 Å². The number of pyridine rings is 1. The summed E-state index contributed by atoms with van der Waals surface area (Å²) in [5.41, 5.74) is 1.02. The smallest absolute Gasteiger partial charge is 0.289 e. The number of hydrogen-bond acceptors (Lipinski definition) is 6. The third kappa shape index (κ3) is 3.06. The SMILES string of the molecule is CC1CN(c2ncc([N+](=O)[O-])cc2Cl)CC(c2ccsc2)O1. The average molecular weight is 340 g/mol. The minimum Gasteiger partial charge on any atom is -0.367 e. The van der Waals surface area contributed by atoms with Crippen molar-refractivity contribution in [1.29, 1.82) is 0 Å². The van der Waals surface area contributed by atoms with Gasteiger partial charge in [-0.15, -0.1) is 0 Å². The van der Waals surface area contributed by atoms with Crippen LogP contribution in [0.3, 0.4) is 0 Å². The molecule has 116 valence electrons. The summed E-state index contributed by atoms with van der Waals surface area (Å²) in [7, 11) is 0. The summed E-state index contributed by atoms with van der Waals surface area (Å²) in [6.07, 6.45) is 1.20. The Morgan fingerprint density at radius 3 is 3.00 bits per heavy atom. The predicted octanol–water partition coefficient (Wildman–Crippen LogP) is 3.67. The Morgan fingerprint density at radius 1 is 1.55 bits per heavy atom. The van der Waals surface area contributed by atoms with Crippen LogP contribution in [-0.2, 0) is 4.74 Å². The Balaban J connectivity index is 1.86. The van der Waals surface area contributed by atoms with Gasteiger partial charge >= 0.3 is 0 Å². The monoisotopic (exact) mass is 339 g/mol. The van der Waals surface area contributed by atoms with Crippen molar-refractivity contribution in [2.75, 3.05) is 18.0 Å². The third-order valence-electron chi connectivity index (χ3n) is 3.49. The Morgan fingerprint density at radius 2 is 2.36 bits per heavy atom. The van der Waals surface area contributed by atoms with E-state index < -0.39 is 4.92 Å². The maximum Gasteiger partial charge on any atom is 0.289 e. The molecule has 3 heterocycles. The van der Waals surface area contributed by atoms with Gasteiger partial charge in [-0.25, -0.2) is 4.98 Å². The van der Waals surface area contributed by atoms with E-state index in [4.69, 9.17) is 16.3 Å². The summed E-state index contributed by atoms with van der Waals surface area (Å²) in [5.74, 6) is 0.558. The highest BCUT2D eigenvalue weighted by molar-refractivity contribution is 7.07. The number of ether oxygens (including phenoxy) is 1. The van der Waals surface area contributed by atoms with Gasteiger partial charge in [0.15, 0.2) is 0 Å². The molecule has 6 nitrogen and oxygen atoms in total. The van der Waals surface area contributed by atoms with E-state index in [0.29, 0.717) is 18.9 Å². The molecule has 2 unspecified atom stereocenters. The number of thiophene rings is 1. The van der Waals surface area contributed by atoms with Crippen LogP contribution in [0.4, 0.5) is 11.5 Å². The van der Waals surface area contributed by atoms with Crippen molar-refractivity contribution >= 4 is 34.4 Å². The van der Waals surface area contributed by atoms with Gasteiger partial charge in [0.25, 0.3) is 5.69 Å². The molecule has 0 radical (unpaired) electrons. The first-order valence-electron chi connectivity index (χ1n) is 6.77. The second-order valence-corrected chi connectivity index (χ2v) is 6.34. The number of anilines is 1. The summed E-state index contributed by atoms with van der Waals surface area (Å²) < 4.78 is 5.97. The Kier molecular flexibility index (Phi) is 4.28. The van der Waals surface area contributed by atoms with Crippen LogP contribution >= 0.6 is 22.9 Å².